The highest BCUT2D eigenvalue weighted by Crippen LogP contribution is 2.22. The molecule has 0 aliphatic carbocycles. The molecule has 1 aromatic carbocycles. The highest BCUT2D eigenvalue weighted by molar-refractivity contribution is 5.93. The molecule has 2 rings (SSSR count). The third-order valence-electron chi connectivity index (χ3n) is 2.93. The number of carbonyl (C=O) groups is 1. The minimum atomic E-state index is -0.117. The van der Waals surface area contributed by atoms with E-state index in [2.05, 4.69) is 5.32 Å². The van der Waals surface area contributed by atoms with Crippen molar-refractivity contribution in [3.8, 4) is 0 Å². The summed E-state index contributed by atoms with van der Waals surface area (Å²) in [5, 5.41) is 2.76. The van der Waals surface area contributed by atoms with E-state index in [1.54, 1.807) is 23.2 Å². The van der Waals surface area contributed by atoms with Crippen molar-refractivity contribution in [2.75, 3.05) is 5.32 Å². The SMILES string of the molecule is CC(=O)Nc1cc2c(cc1C)n(C)c(=O)n2C. The number of amides is 1. The van der Waals surface area contributed by atoms with Gasteiger partial charge in [0.2, 0.25) is 5.91 Å². The zero-order valence-electron chi connectivity index (χ0n) is 10.4. The predicted molar refractivity (Wildman–Crippen MR) is 67.2 cm³/mol. The van der Waals surface area contributed by atoms with Crippen LogP contribution in [0.25, 0.3) is 11.0 Å². The Morgan fingerprint density at radius 1 is 1.18 bits per heavy atom. The molecule has 0 aliphatic rings. The highest BCUT2D eigenvalue weighted by Gasteiger charge is 2.10. The van der Waals surface area contributed by atoms with Gasteiger partial charge in [-0.1, -0.05) is 0 Å². The maximum Gasteiger partial charge on any atom is 0.328 e. The summed E-state index contributed by atoms with van der Waals surface area (Å²) in [6.45, 7) is 3.37. The normalized spacial score (nSPS) is 10.8. The number of hydrogen-bond donors (Lipinski definition) is 1. The summed E-state index contributed by atoms with van der Waals surface area (Å²) in [6.07, 6.45) is 0. The fraction of sp³-hybridized carbons (Fsp3) is 0.333. The maximum atomic E-state index is 11.8. The molecule has 1 aromatic heterocycles. The van der Waals surface area contributed by atoms with Crippen LogP contribution in [0.1, 0.15) is 12.5 Å². The Bertz CT molecular complexity index is 664. The van der Waals surface area contributed by atoms with Crippen LogP contribution in [0, 0.1) is 6.92 Å². The van der Waals surface area contributed by atoms with Crippen molar-refractivity contribution in [3.63, 3.8) is 0 Å². The molecule has 0 saturated carbocycles. The largest absolute Gasteiger partial charge is 0.328 e. The molecule has 17 heavy (non-hydrogen) atoms. The van der Waals surface area contributed by atoms with Crippen molar-refractivity contribution in [3.05, 3.63) is 28.2 Å². The smallest absolute Gasteiger partial charge is 0.326 e. The lowest BCUT2D eigenvalue weighted by Crippen LogP contribution is -2.19. The summed E-state index contributed by atoms with van der Waals surface area (Å²) in [6, 6.07) is 3.73. The lowest BCUT2D eigenvalue weighted by molar-refractivity contribution is -0.114. The van der Waals surface area contributed by atoms with Crippen LogP contribution in [0.4, 0.5) is 5.69 Å². The van der Waals surface area contributed by atoms with Gasteiger partial charge in [-0.15, -0.1) is 0 Å². The lowest BCUT2D eigenvalue weighted by Gasteiger charge is -2.07. The van der Waals surface area contributed by atoms with Gasteiger partial charge in [-0.05, 0) is 24.6 Å². The molecule has 2 aromatic rings. The predicted octanol–water partition coefficient (Wildman–Crippen LogP) is 1.14. The average molecular weight is 233 g/mol. The van der Waals surface area contributed by atoms with Crippen LogP contribution < -0.4 is 11.0 Å². The molecule has 5 nitrogen and oxygen atoms in total. The van der Waals surface area contributed by atoms with Crippen molar-refractivity contribution < 1.29 is 4.79 Å². The summed E-state index contributed by atoms with van der Waals surface area (Å²) >= 11 is 0. The van der Waals surface area contributed by atoms with Crippen LogP contribution in [0.3, 0.4) is 0 Å². The number of nitrogens with one attached hydrogen (secondary N) is 1. The molecule has 0 unspecified atom stereocenters. The van der Waals surface area contributed by atoms with Crippen molar-refractivity contribution in [2.24, 2.45) is 14.1 Å². The van der Waals surface area contributed by atoms with Crippen molar-refractivity contribution in [2.45, 2.75) is 13.8 Å². The molecule has 0 aliphatic heterocycles. The number of hydrogen-bond acceptors (Lipinski definition) is 2. The molecule has 0 bridgehead atoms. The zero-order valence-corrected chi connectivity index (χ0v) is 10.4. The van der Waals surface area contributed by atoms with E-state index in [1.165, 1.54) is 6.92 Å². The number of carbonyl (C=O) groups excluding carboxylic acids is 1. The zero-order chi connectivity index (χ0) is 12.7. The molecule has 1 heterocycles. The second kappa shape index (κ2) is 3.76. The van der Waals surface area contributed by atoms with Crippen LogP contribution >= 0.6 is 0 Å². The third-order valence-corrected chi connectivity index (χ3v) is 2.93. The maximum absolute atomic E-state index is 11.8. The number of benzene rings is 1. The van der Waals surface area contributed by atoms with Crippen molar-refractivity contribution in [1.82, 2.24) is 9.13 Å². The van der Waals surface area contributed by atoms with Crippen LogP contribution in [0.15, 0.2) is 16.9 Å². The van der Waals surface area contributed by atoms with Crippen molar-refractivity contribution in [1.29, 1.82) is 0 Å². The summed E-state index contributed by atoms with van der Waals surface area (Å²) in [7, 11) is 3.46. The Balaban J connectivity index is 2.76. The monoisotopic (exact) mass is 233 g/mol. The minimum Gasteiger partial charge on any atom is -0.326 e. The molecule has 1 N–H and O–H groups in total. The Morgan fingerprint density at radius 3 is 2.24 bits per heavy atom. The number of aromatic nitrogens is 2. The van der Waals surface area contributed by atoms with Gasteiger partial charge in [0.05, 0.1) is 11.0 Å². The van der Waals surface area contributed by atoms with E-state index < -0.39 is 0 Å². The standard InChI is InChI=1S/C12H15N3O2/c1-7-5-10-11(6-9(7)13-8(2)16)15(4)12(17)14(10)3/h5-6H,1-4H3,(H,13,16). The van der Waals surface area contributed by atoms with Gasteiger partial charge in [-0.25, -0.2) is 4.79 Å². The highest BCUT2D eigenvalue weighted by atomic mass is 16.2. The first-order chi connectivity index (χ1) is 7.91. The second-order valence-electron chi connectivity index (χ2n) is 4.24. The first-order valence-electron chi connectivity index (χ1n) is 5.35. The van der Waals surface area contributed by atoms with E-state index >= 15 is 0 Å². The topological polar surface area (TPSA) is 56.0 Å². The van der Waals surface area contributed by atoms with Gasteiger partial charge in [-0.3, -0.25) is 13.9 Å². The number of aryl methyl sites for hydroxylation is 3. The number of fused-ring (bicyclic) bond motifs is 1. The van der Waals surface area contributed by atoms with E-state index in [0.717, 1.165) is 22.3 Å². The molecule has 0 fully saturated rings. The van der Waals surface area contributed by atoms with Crippen LogP contribution in [-0.2, 0) is 18.9 Å². The average Bonchev–Trinajstić information content (AvgIpc) is 2.45. The molecular weight excluding hydrogens is 218 g/mol. The molecule has 5 heteroatoms. The molecule has 0 radical (unpaired) electrons. The fourth-order valence-corrected chi connectivity index (χ4v) is 1.97. The van der Waals surface area contributed by atoms with E-state index in [0.29, 0.717) is 0 Å². The summed E-state index contributed by atoms with van der Waals surface area (Å²) in [5.41, 5.74) is 3.29. The molecule has 0 atom stereocenters. The van der Waals surface area contributed by atoms with E-state index in [-0.39, 0.29) is 11.6 Å². The van der Waals surface area contributed by atoms with Gasteiger partial charge in [0.15, 0.2) is 0 Å². The van der Waals surface area contributed by atoms with Crippen LogP contribution in [-0.4, -0.2) is 15.0 Å². The molecule has 1 amide bonds. The summed E-state index contributed by atoms with van der Waals surface area (Å²) in [5.74, 6) is -0.117. The van der Waals surface area contributed by atoms with Gasteiger partial charge in [0.1, 0.15) is 0 Å². The number of rotatable bonds is 1. The fourth-order valence-electron chi connectivity index (χ4n) is 1.97. The van der Waals surface area contributed by atoms with Crippen LogP contribution in [0.2, 0.25) is 0 Å². The van der Waals surface area contributed by atoms with Crippen molar-refractivity contribution >= 4 is 22.6 Å². The third kappa shape index (κ3) is 1.73. The Hall–Kier alpha value is -2.04. The molecule has 0 spiro atoms. The molecule has 0 saturated heterocycles. The Labute approximate surface area is 98.7 Å². The van der Waals surface area contributed by atoms with Gasteiger partial charge in [-0.2, -0.15) is 0 Å². The molecular formula is C12H15N3O2. The summed E-state index contributed by atoms with van der Waals surface area (Å²) in [4.78, 5) is 22.8. The van der Waals surface area contributed by atoms with E-state index in [4.69, 9.17) is 0 Å². The quantitative estimate of drug-likeness (QED) is 0.803. The van der Waals surface area contributed by atoms with Gasteiger partial charge >= 0.3 is 5.69 Å². The second-order valence-corrected chi connectivity index (χ2v) is 4.24. The Morgan fingerprint density at radius 2 is 1.71 bits per heavy atom. The first kappa shape index (κ1) is 11.4. The number of nitrogens with zero attached hydrogens (tertiary/aromatic N) is 2. The minimum absolute atomic E-state index is 0.0700. The van der Waals surface area contributed by atoms with E-state index in [1.807, 2.05) is 19.1 Å². The summed E-state index contributed by atoms with van der Waals surface area (Å²) < 4.78 is 3.17. The number of anilines is 1. The Kier molecular flexibility index (Phi) is 2.53. The first-order valence-corrected chi connectivity index (χ1v) is 5.35. The lowest BCUT2D eigenvalue weighted by atomic mass is 10.1. The van der Waals surface area contributed by atoms with Gasteiger partial charge < -0.3 is 5.32 Å². The van der Waals surface area contributed by atoms with E-state index in [9.17, 15) is 9.59 Å². The van der Waals surface area contributed by atoms with Crippen LogP contribution in [0.5, 0.6) is 0 Å². The van der Waals surface area contributed by atoms with Gasteiger partial charge in [0.25, 0.3) is 0 Å². The number of imidazole rings is 1. The van der Waals surface area contributed by atoms with Gasteiger partial charge in [0, 0.05) is 26.7 Å². The molecule has 90 valence electrons.